The Bertz CT molecular complexity index is 1070. The van der Waals surface area contributed by atoms with Crippen molar-refractivity contribution in [3.8, 4) is 11.4 Å². The van der Waals surface area contributed by atoms with Gasteiger partial charge in [-0.15, -0.1) is 0 Å². The maximum atomic E-state index is 13.1. The van der Waals surface area contributed by atoms with Crippen LogP contribution in [-0.2, 0) is 11.3 Å². The number of aliphatic carboxylic acids is 1. The zero-order chi connectivity index (χ0) is 20.5. The van der Waals surface area contributed by atoms with E-state index >= 15 is 0 Å². The van der Waals surface area contributed by atoms with Gasteiger partial charge in [-0.25, -0.2) is 23.2 Å². The molecule has 28 heavy (non-hydrogen) atoms. The average Bonchev–Trinajstić information content (AvgIpc) is 2.98. The van der Waals surface area contributed by atoms with Gasteiger partial charge < -0.3 is 9.84 Å². The van der Waals surface area contributed by atoms with Gasteiger partial charge in [0.25, 0.3) is 0 Å². The predicted molar refractivity (Wildman–Crippen MR) is 100 cm³/mol. The molecule has 7 nitrogen and oxygen atoms in total. The fourth-order valence-corrected chi connectivity index (χ4v) is 2.64. The Morgan fingerprint density at radius 2 is 1.89 bits per heavy atom. The van der Waals surface area contributed by atoms with E-state index in [4.69, 9.17) is 4.74 Å². The molecule has 0 spiro atoms. The summed E-state index contributed by atoms with van der Waals surface area (Å²) in [6, 6.07) is 10.8. The SMILES string of the molecule is Cc1cc(Cn2ncn(-c3ccc(F)cc3)c2=O)ccc1OC(C)(C)C(=O)O. The highest BCUT2D eigenvalue weighted by Gasteiger charge is 2.29. The van der Waals surface area contributed by atoms with Crippen molar-refractivity contribution in [1.82, 2.24) is 14.3 Å². The predicted octanol–water partition coefficient (Wildman–Crippen LogP) is 2.77. The van der Waals surface area contributed by atoms with E-state index in [9.17, 15) is 19.1 Å². The first-order chi connectivity index (χ1) is 13.2. The first-order valence-corrected chi connectivity index (χ1v) is 8.60. The summed E-state index contributed by atoms with van der Waals surface area (Å²) >= 11 is 0. The van der Waals surface area contributed by atoms with Crippen molar-refractivity contribution in [3.05, 3.63) is 76.2 Å². The van der Waals surface area contributed by atoms with E-state index in [1.54, 1.807) is 19.1 Å². The number of nitrogens with zero attached hydrogens (tertiary/aromatic N) is 3. The van der Waals surface area contributed by atoms with Gasteiger partial charge in [0, 0.05) is 0 Å². The third-order valence-corrected chi connectivity index (χ3v) is 4.29. The summed E-state index contributed by atoms with van der Waals surface area (Å²) in [6.07, 6.45) is 1.38. The number of carbonyl (C=O) groups is 1. The van der Waals surface area contributed by atoms with Crippen molar-refractivity contribution < 1.29 is 19.0 Å². The molecule has 0 aliphatic carbocycles. The molecule has 0 fully saturated rings. The molecule has 0 atom stereocenters. The summed E-state index contributed by atoms with van der Waals surface area (Å²) in [6.45, 7) is 4.99. The number of hydrogen-bond donors (Lipinski definition) is 1. The second kappa shape index (κ2) is 7.30. The highest BCUT2D eigenvalue weighted by molar-refractivity contribution is 5.76. The van der Waals surface area contributed by atoms with Crippen LogP contribution in [0, 0.1) is 12.7 Å². The second-order valence-corrected chi connectivity index (χ2v) is 6.93. The normalized spacial score (nSPS) is 11.4. The van der Waals surface area contributed by atoms with Gasteiger partial charge in [0.1, 0.15) is 17.9 Å². The highest BCUT2D eigenvalue weighted by atomic mass is 19.1. The first-order valence-electron chi connectivity index (χ1n) is 8.60. The molecule has 3 rings (SSSR count). The molecule has 146 valence electrons. The molecular weight excluding hydrogens is 365 g/mol. The van der Waals surface area contributed by atoms with Crippen molar-refractivity contribution in [2.75, 3.05) is 0 Å². The number of carboxylic acid groups (broad SMARTS) is 1. The fraction of sp³-hybridized carbons (Fsp3) is 0.250. The highest BCUT2D eigenvalue weighted by Crippen LogP contribution is 2.24. The van der Waals surface area contributed by atoms with Crippen LogP contribution in [0.25, 0.3) is 5.69 Å². The lowest BCUT2D eigenvalue weighted by Crippen LogP contribution is -2.38. The molecule has 0 saturated heterocycles. The Morgan fingerprint density at radius 3 is 2.50 bits per heavy atom. The molecule has 0 bridgehead atoms. The molecule has 1 N–H and O–H groups in total. The summed E-state index contributed by atoms with van der Waals surface area (Å²) in [5.74, 6) is -0.984. The fourth-order valence-electron chi connectivity index (χ4n) is 2.64. The van der Waals surface area contributed by atoms with Crippen LogP contribution in [0.3, 0.4) is 0 Å². The van der Waals surface area contributed by atoms with E-state index in [1.807, 2.05) is 6.07 Å². The molecule has 8 heteroatoms. The van der Waals surface area contributed by atoms with Crippen LogP contribution in [0.2, 0.25) is 0 Å². The third-order valence-electron chi connectivity index (χ3n) is 4.29. The van der Waals surface area contributed by atoms with E-state index in [0.717, 1.165) is 11.1 Å². The number of ether oxygens (including phenoxy) is 1. The van der Waals surface area contributed by atoms with Crippen LogP contribution < -0.4 is 10.4 Å². The monoisotopic (exact) mass is 385 g/mol. The van der Waals surface area contributed by atoms with Crippen LogP contribution in [-0.4, -0.2) is 31.0 Å². The number of carboxylic acids is 1. The van der Waals surface area contributed by atoms with Gasteiger partial charge in [-0.2, -0.15) is 5.10 Å². The van der Waals surface area contributed by atoms with Crippen molar-refractivity contribution >= 4 is 5.97 Å². The Hall–Kier alpha value is -3.42. The summed E-state index contributed by atoms with van der Waals surface area (Å²) in [7, 11) is 0. The van der Waals surface area contributed by atoms with E-state index in [1.165, 1.54) is 53.7 Å². The van der Waals surface area contributed by atoms with Gasteiger partial charge in [0.15, 0.2) is 5.60 Å². The Balaban J connectivity index is 1.81. The lowest BCUT2D eigenvalue weighted by molar-refractivity contribution is -0.152. The van der Waals surface area contributed by atoms with E-state index in [-0.39, 0.29) is 18.1 Å². The van der Waals surface area contributed by atoms with E-state index < -0.39 is 11.6 Å². The van der Waals surface area contributed by atoms with Gasteiger partial charge in [0.05, 0.1) is 12.2 Å². The smallest absolute Gasteiger partial charge is 0.350 e. The summed E-state index contributed by atoms with van der Waals surface area (Å²) in [5, 5.41) is 13.3. The standard InChI is InChI=1S/C20H20FN3O4/c1-13-10-14(4-9-17(13)28-20(2,3)18(25)26)11-24-19(27)23(12-22-24)16-7-5-15(21)6-8-16/h4-10,12H,11H2,1-3H3,(H,25,26). The first kappa shape index (κ1) is 19.3. The lowest BCUT2D eigenvalue weighted by Gasteiger charge is -2.23. The average molecular weight is 385 g/mol. The molecular formula is C20H20FN3O4. The second-order valence-electron chi connectivity index (χ2n) is 6.93. The van der Waals surface area contributed by atoms with Crippen molar-refractivity contribution in [1.29, 1.82) is 0 Å². The largest absolute Gasteiger partial charge is 0.478 e. The van der Waals surface area contributed by atoms with Crippen LogP contribution in [0.1, 0.15) is 25.0 Å². The molecule has 3 aromatic rings. The topological polar surface area (TPSA) is 86.4 Å². The molecule has 0 radical (unpaired) electrons. The van der Waals surface area contributed by atoms with Crippen LogP contribution in [0.15, 0.2) is 53.6 Å². The number of aromatic nitrogens is 3. The van der Waals surface area contributed by atoms with Crippen LogP contribution in [0.5, 0.6) is 5.75 Å². The maximum absolute atomic E-state index is 13.1. The van der Waals surface area contributed by atoms with E-state index in [2.05, 4.69) is 5.10 Å². The van der Waals surface area contributed by atoms with Crippen molar-refractivity contribution in [2.45, 2.75) is 32.9 Å². The number of halogens is 1. The molecule has 0 aliphatic heterocycles. The minimum Gasteiger partial charge on any atom is -0.478 e. The molecule has 0 aliphatic rings. The number of aryl methyl sites for hydroxylation is 1. The van der Waals surface area contributed by atoms with Gasteiger partial charge in [-0.3, -0.25) is 0 Å². The number of rotatable bonds is 6. The Morgan fingerprint density at radius 1 is 1.21 bits per heavy atom. The minimum atomic E-state index is -1.35. The Kier molecular flexibility index (Phi) is 5.04. The van der Waals surface area contributed by atoms with Gasteiger partial charge in [-0.1, -0.05) is 12.1 Å². The Labute approximate surface area is 160 Å². The van der Waals surface area contributed by atoms with Gasteiger partial charge in [-0.05, 0) is 62.2 Å². The number of hydrogen-bond acceptors (Lipinski definition) is 4. The van der Waals surface area contributed by atoms with Crippen molar-refractivity contribution in [3.63, 3.8) is 0 Å². The summed E-state index contributed by atoms with van der Waals surface area (Å²) < 4.78 is 21.3. The molecule has 0 amide bonds. The lowest BCUT2D eigenvalue weighted by atomic mass is 10.1. The minimum absolute atomic E-state index is 0.233. The summed E-state index contributed by atoms with van der Waals surface area (Å²) in [4.78, 5) is 23.8. The molecule has 2 aromatic carbocycles. The molecule has 0 unspecified atom stereocenters. The zero-order valence-electron chi connectivity index (χ0n) is 15.7. The quantitative estimate of drug-likeness (QED) is 0.705. The molecule has 0 saturated carbocycles. The molecule has 1 heterocycles. The van der Waals surface area contributed by atoms with Crippen LogP contribution >= 0.6 is 0 Å². The zero-order valence-corrected chi connectivity index (χ0v) is 15.7. The van der Waals surface area contributed by atoms with Gasteiger partial charge in [0.2, 0.25) is 0 Å². The third kappa shape index (κ3) is 3.95. The number of benzene rings is 2. The van der Waals surface area contributed by atoms with Crippen LogP contribution in [0.4, 0.5) is 4.39 Å². The van der Waals surface area contributed by atoms with Crippen molar-refractivity contribution in [2.24, 2.45) is 0 Å². The maximum Gasteiger partial charge on any atom is 0.350 e. The molecule has 1 aromatic heterocycles. The van der Waals surface area contributed by atoms with E-state index in [0.29, 0.717) is 11.4 Å². The van der Waals surface area contributed by atoms with Gasteiger partial charge >= 0.3 is 11.7 Å². The summed E-state index contributed by atoms with van der Waals surface area (Å²) in [5.41, 5.74) is 0.379.